The quantitative estimate of drug-likeness (QED) is 0.0320. The fourth-order valence-electron chi connectivity index (χ4n) is 11.1. The Morgan fingerprint density at radius 1 is 0.359 bits per heavy atom. The zero-order chi connectivity index (χ0) is 56.4. The van der Waals surface area contributed by atoms with Crippen LogP contribution in [0, 0.1) is 0 Å². The van der Waals surface area contributed by atoms with Crippen molar-refractivity contribution in [1.82, 2.24) is 5.32 Å². The predicted octanol–water partition coefficient (Wildman–Crippen LogP) is 22.7. The first-order valence-electron chi connectivity index (χ1n) is 35.3. The summed E-state index contributed by atoms with van der Waals surface area (Å²) in [6.45, 7) is 4.83. The number of amides is 1. The molecule has 0 aromatic heterocycles. The minimum Gasteiger partial charge on any atom is -0.465 e. The lowest BCUT2D eigenvalue weighted by atomic mass is 10.0. The van der Waals surface area contributed by atoms with E-state index in [-0.39, 0.29) is 18.5 Å². The van der Waals surface area contributed by atoms with Crippen LogP contribution in [0.25, 0.3) is 0 Å². The van der Waals surface area contributed by atoms with E-state index in [4.69, 9.17) is 4.74 Å². The number of nitrogens with one attached hydrogen (secondary N) is 1. The van der Waals surface area contributed by atoms with Gasteiger partial charge in [0.05, 0.1) is 25.4 Å². The van der Waals surface area contributed by atoms with Crippen LogP contribution in [0.5, 0.6) is 0 Å². The summed E-state index contributed by atoms with van der Waals surface area (Å²) in [5.74, 6) is -0.101. The van der Waals surface area contributed by atoms with Crippen molar-refractivity contribution in [2.45, 2.75) is 398 Å². The molecule has 0 bridgehead atoms. The molecule has 6 nitrogen and oxygen atoms in total. The van der Waals surface area contributed by atoms with Crippen LogP contribution in [0.3, 0.4) is 0 Å². The van der Waals surface area contributed by atoms with E-state index in [9.17, 15) is 19.8 Å². The first kappa shape index (κ1) is 76.1. The highest BCUT2D eigenvalue weighted by molar-refractivity contribution is 5.76. The molecule has 0 radical (unpaired) electrons. The van der Waals surface area contributed by atoms with E-state index >= 15 is 0 Å². The molecule has 2 unspecified atom stereocenters. The minimum atomic E-state index is -0.850. The molecule has 0 heterocycles. The van der Waals surface area contributed by atoms with Gasteiger partial charge in [0, 0.05) is 12.8 Å². The average molecular weight is 1100 g/mol. The fourth-order valence-corrected chi connectivity index (χ4v) is 11.1. The third-order valence-corrected chi connectivity index (χ3v) is 16.4. The van der Waals surface area contributed by atoms with Gasteiger partial charge in [-0.3, -0.25) is 9.59 Å². The van der Waals surface area contributed by atoms with E-state index in [1.807, 2.05) is 6.08 Å². The zero-order valence-corrected chi connectivity index (χ0v) is 52.7. The van der Waals surface area contributed by atoms with E-state index in [2.05, 4.69) is 43.5 Å². The summed E-state index contributed by atoms with van der Waals surface area (Å²) < 4.78 is 5.43. The Morgan fingerprint density at radius 3 is 0.974 bits per heavy atom. The number of unbranched alkanes of at least 4 members (excludes halogenated alkanes) is 51. The van der Waals surface area contributed by atoms with Crippen LogP contribution in [0.1, 0.15) is 386 Å². The summed E-state index contributed by atoms with van der Waals surface area (Å²) in [7, 11) is 0. The molecule has 2 atom stereocenters. The summed E-state index contributed by atoms with van der Waals surface area (Å²) in [6.07, 6.45) is 86.6. The van der Waals surface area contributed by atoms with Crippen LogP contribution in [0.2, 0.25) is 0 Å². The summed E-state index contributed by atoms with van der Waals surface area (Å²) in [5, 5.41) is 23.3. The van der Waals surface area contributed by atoms with Crippen molar-refractivity contribution in [3.8, 4) is 0 Å². The van der Waals surface area contributed by atoms with Crippen LogP contribution in [-0.2, 0) is 14.3 Å². The maximum atomic E-state index is 12.5. The topological polar surface area (TPSA) is 95.9 Å². The van der Waals surface area contributed by atoms with E-state index < -0.39 is 12.1 Å². The maximum absolute atomic E-state index is 12.5. The molecular formula is C72H137NO5. The van der Waals surface area contributed by atoms with Crippen molar-refractivity contribution in [2.24, 2.45) is 0 Å². The van der Waals surface area contributed by atoms with Crippen LogP contribution in [-0.4, -0.2) is 47.4 Å². The van der Waals surface area contributed by atoms with Gasteiger partial charge in [-0.2, -0.15) is 0 Å². The molecule has 3 N–H and O–H groups in total. The van der Waals surface area contributed by atoms with Crippen LogP contribution >= 0.6 is 0 Å². The lowest BCUT2D eigenvalue weighted by molar-refractivity contribution is -0.143. The zero-order valence-electron chi connectivity index (χ0n) is 52.7. The number of carbonyl (C=O) groups excluding carboxylic acids is 2. The lowest BCUT2D eigenvalue weighted by Gasteiger charge is -2.20. The predicted molar refractivity (Wildman–Crippen MR) is 343 cm³/mol. The fraction of sp³-hybridized carbons (Fsp3) is 0.889. The number of ether oxygens (including phenoxy) is 1. The highest BCUT2D eigenvalue weighted by Crippen LogP contribution is 2.19. The molecule has 0 saturated heterocycles. The molecule has 0 aliphatic heterocycles. The Hall–Kier alpha value is -1.92. The monoisotopic (exact) mass is 1100 g/mol. The molecule has 6 heteroatoms. The smallest absolute Gasteiger partial charge is 0.305 e. The van der Waals surface area contributed by atoms with Gasteiger partial charge in [-0.05, 0) is 51.4 Å². The van der Waals surface area contributed by atoms with E-state index in [1.54, 1.807) is 6.08 Å². The molecule has 0 aliphatic rings. The van der Waals surface area contributed by atoms with Gasteiger partial charge in [0.15, 0.2) is 0 Å². The molecule has 1 amide bonds. The number of carbonyl (C=O) groups is 2. The van der Waals surface area contributed by atoms with Gasteiger partial charge < -0.3 is 20.3 Å². The lowest BCUT2D eigenvalue weighted by Crippen LogP contribution is -2.45. The van der Waals surface area contributed by atoms with Gasteiger partial charge in [-0.25, -0.2) is 0 Å². The largest absolute Gasteiger partial charge is 0.465 e. The van der Waals surface area contributed by atoms with Crippen LogP contribution in [0.15, 0.2) is 36.5 Å². The summed E-state index contributed by atoms with van der Waals surface area (Å²) in [4.78, 5) is 24.6. The third kappa shape index (κ3) is 63.3. The SMILES string of the molecule is CCCCCCCCCCCCCCCCCCCCCCCCC/C=C/C(O)C(CO)NC(=O)CCCCCCCCCCCCCCCC/C=C\C/C=C\CCOC(=O)CCCCCCCCCCCCCCCCC. The Balaban J connectivity index is 3.46. The normalized spacial score (nSPS) is 12.7. The Labute approximate surface area is 487 Å². The highest BCUT2D eigenvalue weighted by atomic mass is 16.5. The second-order valence-corrected chi connectivity index (χ2v) is 24.2. The number of allylic oxidation sites excluding steroid dienone is 4. The van der Waals surface area contributed by atoms with E-state index in [1.165, 1.54) is 308 Å². The van der Waals surface area contributed by atoms with Crippen molar-refractivity contribution < 1.29 is 24.5 Å². The highest BCUT2D eigenvalue weighted by Gasteiger charge is 2.18. The van der Waals surface area contributed by atoms with Crippen molar-refractivity contribution in [1.29, 1.82) is 0 Å². The number of esters is 1. The molecule has 0 fully saturated rings. The number of rotatable bonds is 66. The first-order valence-corrected chi connectivity index (χ1v) is 35.3. The minimum absolute atomic E-state index is 0.0323. The van der Waals surface area contributed by atoms with Crippen molar-refractivity contribution >= 4 is 11.9 Å². The maximum Gasteiger partial charge on any atom is 0.305 e. The summed E-state index contributed by atoms with van der Waals surface area (Å²) >= 11 is 0. The number of hydrogen-bond acceptors (Lipinski definition) is 5. The molecule has 0 aliphatic carbocycles. The van der Waals surface area contributed by atoms with Crippen molar-refractivity contribution in [2.75, 3.05) is 13.2 Å². The average Bonchev–Trinajstić information content (AvgIpc) is 3.44. The molecule has 0 aromatic rings. The standard InChI is InChI=1S/C72H137NO5/c1-3-5-7-9-11-13-15-17-19-20-21-22-23-24-25-27-30-33-37-40-44-48-52-56-60-64-70(75)69(68-74)73-71(76)65-61-57-53-49-45-41-38-34-31-28-26-29-32-35-39-43-47-51-55-59-63-67-78-72(77)66-62-58-54-50-46-42-36-18-16-14-12-10-8-6-4-2/h43,47,55,59-60,64,69-70,74-75H,3-42,44-46,48-54,56-58,61-63,65-68H2,1-2H3,(H,73,76)/b47-43-,59-55-,64-60+. The molecular weight excluding hydrogens is 959 g/mol. The molecule has 460 valence electrons. The summed E-state index contributed by atoms with van der Waals surface area (Å²) in [6, 6.07) is -0.634. The summed E-state index contributed by atoms with van der Waals surface area (Å²) in [5.41, 5.74) is 0. The van der Waals surface area contributed by atoms with Crippen LogP contribution < -0.4 is 5.32 Å². The van der Waals surface area contributed by atoms with Gasteiger partial charge >= 0.3 is 5.97 Å². The van der Waals surface area contributed by atoms with Gasteiger partial charge in [0.2, 0.25) is 5.91 Å². The first-order chi connectivity index (χ1) is 38.5. The second kappa shape index (κ2) is 67.6. The van der Waals surface area contributed by atoms with Gasteiger partial charge in [0.25, 0.3) is 0 Å². The Bertz CT molecular complexity index is 1260. The molecule has 0 rings (SSSR count). The molecule has 78 heavy (non-hydrogen) atoms. The number of aliphatic hydroxyl groups is 2. The Morgan fingerprint density at radius 2 is 0.641 bits per heavy atom. The van der Waals surface area contributed by atoms with Crippen molar-refractivity contribution in [3.63, 3.8) is 0 Å². The Kier molecular flexibility index (Phi) is 65.9. The third-order valence-electron chi connectivity index (χ3n) is 16.4. The molecule has 0 aromatic carbocycles. The molecule has 0 saturated carbocycles. The van der Waals surface area contributed by atoms with Gasteiger partial charge in [-0.15, -0.1) is 0 Å². The number of hydrogen-bond donors (Lipinski definition) is 3. The molecule has 0 spiro atoms. The second-order valence-electron chi connectivity index (χ2n) is 24.2. The van der Waals surface area contributed by atoms with Gasteiger partial charge in [0.1, 0.15) is 0 Å². The van der Waals surface area contributed by atoms with Gasteiger partial charge in [-0.1, -0.05) is 359 Å². The van der Waals surface area contributed by atoms with Crippen LogP contribution in [0.4, 0.5) is 0 Å². The van der Waals surface area contributed by atoms with E-state index in [0.29, 0.717) is 19.4 Å². The number of aliphatic hydroxyl groups excluding tert-OH is 2. The van der Waals surface area contributed by atoms with Crippen molar-refractivity contribution in [3.05, 3.63) is 36.5 Å². The van der Waals surface area contributed by atoms with E-state index in [0.717, 1.165) is 51.4 Å².